The van der Waals surface area contributed by atoms with Crippen LogP contribution in [0.15, 0.2) is 0 Å². The van der Waals surface area contributed by atoms with E-state index in [2.05, 4.69) is 18.0 Å². The third kappa shape index (κ3) is 35.3. The van der Waals surface area contributed by atoms with Gasteiger partial charge in [0, 0.05) is 0 Å². The molecule has 0 radical (unpaired) electrons. The highest BCUT2D eigenvalue weighted by Gasteiger charge is 2.02. The normalized spacial score (nSPS) is 11.3. The minimum atomic E-state index is -4.23. The molecule has 0 aliphatic carbocycles. The second-order valence-corrected chi connectivity index (χ2v) is 9.49. The van der Waals surface area contributed by atoms with Crippen molar-refractivity contribution in [2.75, 3.05) is 13.2 Å². The Kier molecular flexibility index (Phi) is 28.7. The summed E-state index contributed by atoms with van der Waals surface area (Å²) >= 11 is 0. The van der Waals surface area contributed by atoms with Crippen molar-refractivity contribution in [2.24, 2.45) is 5.73 Å². The summed E-state index contributed by atoms with van der Waals surface area (Å²) in [5.74, 6) is 0. The largest absolute Gasteiger partial charge is 0.397 e. The van der Waals surface area contributed by atoms with Crippen LogP contribution in [0.4, 0.5) is 0 Å². The molecule has 5 nitrogen and oxygen atoms in total. The molecule has 0 aromatic rings. The van der Waals surface area contributed by atoms with E-state index in [0.717, 1.165) is 19.4 Å². The first kappa shape index (κ1) is 32.0. The smallest absolute Gasteiger partial charge is 0.330 e. The van der Waals surface area contributed by atoms with Gasteiger partial charge >= 0.3 is 10.4 Å². The molecule has 0 saturated carbocycles. The molecule has 184 valence electrons. The topological polar surface area (TPSA) is 89.6 Å². The molecule has 0 aromatic heterocycles. The van der Waals surface area contributed by atoms with E-state index in [-0.39, 0.29) is 6.61 Å². The van der Waals surface area contributed by atoms with Crippen LogP contribution in [0.25, 0.3) is 0 Å². The summed E-state index contributed by atoms with van der Waals surface area (Å²) in [6.45, 7) is 5.45. The predicted molar refractivity (Wildman–Crippen MR) is 130 cm³/mol. The average molecular weight is 452 g/mol. The third-order valence-corrected chi connectivity index (χ3v) is 5.75. The van der Waals surface area contributed by atoms with Crippen LogP contribution in [0.2, 0.25) is 0 Å². The molecule has 3 N–H and O–H groups in total. The van der Waals surface area contributed by atoms with Crippen molar-refractivity contribution in [1.82, 2.24) is 0 Å². The van der Waals surface area contributed by atoms with Crippen LogP contribution in [0.5, 0.6) is 0 Å². The Labute approximate surface area is 188 Å². The van der Waals surface area contributed by atoms with Crippen molar-refractivity contribution in [3.05, 3.63) is 0 Å². The molecular formula is C24H53NO4S. The van der Waals surface area contributed by atoms with Gasteiger partial charge in [0.25, 0.3) is 0 Å². The summed E-state index contributed by atoms with van der Waals surface area (Å²) in [7, 11) is -4.23. The van der Waals surface area contributed by atoms with Crippen molar-refractivity contribution < 1.29 is 17.2 Å². The summed E-state index contributed by atoms with van der Waals surface area (Å²) in [5.41, 5.74) is 5.42. The van der Waals surface area contributed by atoms with Gasteiger partial charge in [-0.25, -0.2) is 4.18 Å². The van der Waals surface area contributed by atoms with Crippen LogP contribution >= 0.6 is 0 Å². The quantitative estimate of drug-likeness (QED) is 0.131. The van der Waals surface area contributed by atoms with E-state index in [1.807, 2.05) is 0 Å². The molecule has 30 heavy (non-hydrogen) atoms. The molecule has 0 aromatic carbocycles. The fourth-order valence-corrected chi connectivity index (χ4v) is 3.71. The second kappa shape index (κ2) is 26.9. The van der Waals surface area contributed by atoms with Gasteiger partial charge in [-0.05, 0) is 19.4 Å². The van der Waals surface area contributed by atoms with Crippen molar-refractivity contribution in [1.29, 1.82) is 0 Å². The lowest BCUT2D eigenvalue weighted by Crippen LogP contribution is -2.04. The first-order chi connectivity index (χ1) is 14.5. The maximum absolute atomic E-state index is 10.2. The molecule has 0 bridgehead atoms. The Morgan fingerprint density at radius 1 is 0.567 bits per heavy atom. The molecule has 0 unspecified atom stereocenters. The van der Waals surface area contributed by atoms with Gasteiger partial charge in [-0.15, -0.1) is 0 Å². The summed E-state index contributed by atoms with van der Waals surface area (Å²) in [6, 6.07) is 0. The number of nitrogens with two attached hydrogens (primary N) is 1. The van der Waals surface area contributed by atoms with Gasteiger partial charge in [-0.2, -0.15) is 8.42 Å². The molecule has 0 aliphatic heterocycles. The lowest BCUT2D eigenvalue weighted by molar-refractivity contribution is 0.261. The summed E-state index contributed by atoms with van der Waals surface area (Å²) in [5, 5.41) is 0. The molecule has 6 heteroatoms. The van der Waals surface area contributed by atoms with Crippen LogP contribution in [0.3, 0.4) is 0 Å². The second-order valence-electron chi connectivity index (χ2n) is 8.40. The van der Waals surface area contributed by atoms with Crippen LogP contribution in [-0.2, 0) is 14.6 Å². The van der Waals surface area contributed by atoms with Gasteiger partial charge in [-0.1, -0.05) is 129 Å². The molecule has 0 spiro atoms. The van der Waals surface area contributed by atoms with E-state index in [4.69, 9.17) is 10.3 Å². The van der Waals surface area contributed by atoms with Crippen molar-refractivity contribution in [3.63, 3.8) is 0 Å². The van der Waals surface area contributed by atoms with Crippen LogP contribution in [0.1, 0.15) is 142 Å². The molecule has 0 amide bonds. The zero-order valence-corrected chi connectivity index (χ0v) is 21.0. The Balaban J connectivity index is 0. The number of hydrogen-bond acceptors (Lipinski definition) is 4. The monoisotopic (exact) mass is 451 g/mol. The standard InChI is InChI=1S/C12H27N.C12H26O4S/c1-2-3-4-5-6-7-8-9-10-11-12-13;1-2-3-4-5-6-7-8-9-10-11-12-16-17(13,14)15/h2-13H2,1H3;2-12H2,1H3,(H,13,14,15). The van der Waals surface area contributed by atoms with E-state index < -0.39 is 10.4 Å². The molecule has 0 fully saturated rings. The van der Waals surface area contributed by atoms with Gasteiger partial charge < -0.3 is 5.73 Å². The van der Waals surface area contributed by atoms with Crippen molar-refractivity contribution in [3.8, 4) is 0 Å². The van der Waals surface area contributed by atoms with E-state index >= 15 is 0 Å². The molecule has 0 aliphatic rings. The Morgan fingerprint density at radius 2 is 0.867 bits per heavy atom. The fourth-order valence-electron chi connectivity index (χ4n) is 3.39. The van der Waals surface area contributed by atoms with E-state index in [9.17, 15) is 8.42 Å². The zero-order chi connectivity index (χ0) is 22.8. The van der Waals surface area contributed by atoms with Crippen molar-refractivity contribution in [2.45, 2.75) is 142 Å². The Bertz CT molecular complexity index is 392. The third-order valence-electron chi connectivity index (χ3n) is 5.29. The Hall–Kier alpha value is -0.170. The molecular weight excluding hydrogens is 398 g/mol. The van der Waals surface area contributed by atoms with Crippen LogP contribution < -0.4 is 5.73 Å². The summed E-state index contributed by atoms with van der Waals surface area (Å²) < 4.78 is 33.0. The summed E-state index contributed by atoms with van der Waals surface area (Å²) in [6.07, 6.45) is 25.8. The molecule has 0 saturated heterocycles. The lowest BCUT2D eigenvalue weighted by atomic mass is 10.1. The highest BCUT2D eigenvalue weighted by atomic mass is 32.3. The highest BCUT2D eigenvalue weighted by Crippen LogP contribution is 2.11. The maximum Gasteiger partial charge on any atom is 0.397 e. The predicted octanol–water partition coefficient (Wildman–Crippen LogP) is 7.59. The zero-order valence-electron chi connectivity index (χ0n) is 20.2. The van der Waals surface area contributed by atoms with Crippen molar-refractivity contribution >= 4 is 10.4 Å². The summed E-state index contributed by atoms with van der Waals surface area (Å²) in [4.78, 5) is 0. The van der Waals surface area contributed by atoms with E-state index in [1.165, 1.54) is 109 Å². The Morgan fingerprint density at radius 3 is 1.17 bits per heavy atom. The number of hydrogen-bond donors (Lipinski definition) is 2. The highest BCUT2D eigenvalue weighted by molar-refractivity contribution is 7.80. The lowest BCUT2D eigenvalue weighted by Gasteiger charge is -2.02. The van der Waals surface area contributed by atoms with E-state index in [1.54, 1.807) is 0 Å². The maximum atomic E-state index is 10.2. The van der Waals surface area contributed by atoms with Crippen LogP contribution in [-0.4, -0.2) is 26.1 Å². The van der Waals surface area contributed by atoms with Gasteiger partial charge in [-0.3, -0.25) is 4.55 Å². The SMILES string of the molecule is CCCCCCCCCCCCN.CCCCCCCCCCCCOS(=O)(=O)O. The number of rotatable bonds is 22. The van der Waals surface area contributed by atoms with Gasteiger partial charge in [0.2, 0.25) is 0 Å². The minimum absolute atomic E-state index is 0.0926. The van der Waals surface area contributed by atoms with Gasteiger partial charge in [0.1, 0.15) is 0 Å². The average Bonchev–Trinajstić information content (AvgIpc) is 2.70. The minimum Gasteiger partial charge on any atom is -0.330 e. The first-order valence-electron chi connectivity index (χ1n) is 12.8. The van der Waals surface area contributed by atoms with Gasteiger partial charge in [0.05, 0.1) is 6.61 Å². The fraction of sp³-hybridized carbons (Fsp3) is 1.00. The first-order valence-corrected chi connectivity index (χ1v) is 14.2. The molecule has 0 atom stereocenters. The van der Waals surface area contributed by atoms with E-state index in [0.29, 0.717) is 6.42 Å². The van der Waals surface area contributed by atoms with Gasteiger partial charge in [0.15, 0.2) is 0 Å². The molecule has 0 rings (SSSR count). The number of unbranched alkanes of at least 4 members (excludes halogenated alkanes) is 18. The van der Waals surface area contributed by atoms with Crippen LogP contribution in [0, 0.1) is 0 Å². The molecule has 0 heterocycles.